The topological polar surface area (TPSA) is 53.4 Å². The summed E-state index contributed by atoms with van der Waals surface area (Å²) in [4.78, 5) is 22.7. The molecule has 1 atom stereocenters. The number of aromatic nitrogens is 2. The van der Waals surface area contributed by atoms with Crippen LogP contribution in [0.4, 0.5) is 0 Å². The van der Waals surface area contributed by atoms with Gasteiger partial charge in [-0.15, -0.1) is 0 Å². The van der Waals surface area contributed by atoms with Crippen molar-refractivity contribution in [2.24, 2.45) is 0 Å². The molecule has 1 saturated heterocycles. The zero-order valence-electron chi connectivity index (χ0n) is 18.3. The molecule has 1 aromatic heterocycles. The molecular weight excluding hydrogens is 406 g/mol. The maximum atomic E-state index is 13.2. The second kappa shape index (κ2) is 10.3. The lowest BCUT2D eigenvalue weighted by molar-refractivity contribution is -0.122. The van der Waals surface area contributed by atoms with Gasteiger partial charge in [0.2, 0.25) is 5.91 Å². The Morgan fingerprint density at radius 1 is 1.06 bits per heavy atom. The number of nitrogens with one attached hydrogen (secondary N) is 1. The fourth-order valence-electron chi connectivity index (χ4n) is 4.13. The lowest BCUT2D eigenvalue weighted by Gasteiger charge is -2.35. The fraction of sp³-hybridized carbons (Fsp3) is 0.417. The van der Waals surface area contributed by atoms with E-state index in [2.05, 4.69) is 45.1 Å². The van der Waals surface area contributed by atoms with Crippen LogP contribution in [0, 0.1) is 0 Å². The molecule has 0 saturated carbocycles. The maximum absolute atomic E-state index is 13.2. The number of rotatable bonds is 8. The zero-order chi connectivity index (χ0) is 21.6. The third-order valence-electron chi connectivity index (χ3n) is 5.88. The molecule has 6 nitrogen and oxygen atoms in total. The molecule has 1 fully saturated rings. The summed E-state index contributed by atoms with van der Waals surface area (Å²) >= 11 is 1.72. The Hall–Kier alpha value is -2.35. The number of hydrogen-bond acceptors (Lipinski definition) is 5. The Kier molecular flexibility index (Phi) is 7.27. The van der Waals surface area contributed by atoms with Crippen LogP contribution in [-0.4, -0.2) is 71.3 Å². The molecule has 7 heteroatoms. The van der Waals surface area contributed by atoms with Crippen molar-refractivity contribution in [2.45, 2.75) is 18.3 Å². The Labute approximate surface area is 188 Å². The van der Waals surface area contributed by atoms with E-state index in [0.29, 0.717) is 0 Å². The van der Waals surface area contributed by atoms with Gasteiger partial charge >= 0.3 is 0 Å². The van der Waals surface area contributed by atoms with E-state index in [4.69, 9.17) is 4.98 Å². The van der Waals surface area contributed by atoms with Gasteiger partial charge in [0.15, 0.2) is 0 Å². The van der Waals surface area contributed by atoms with Gasteiger partial charge in [-0.05, 0) is 31.0 Å². The van der Waals surface area contributed by atoms with Crippen molar-refractivity contribution in [1.29, 1.82) is 0 Å². The van der Waals surface area contributed by atoms with E-state index in [1.54, 1.807) is 11.8 Å². The number of benzene rings is 2. The maximum Gasteiger partial charge on any atom is 0.240 e. The van der Waals surface area contributed by atoms with Gasteiger partial charge in [0.05, 0.1) is 22.8 Å². The van der Waals surface area contributed by atoms with E-state index >= 15 is 0 Å². The summed E-state index contributed by atoms with van der Waals surface area (Å²) < 4.78 is 2.05. The van der Waals surface area contributed by atoms with Crippen molar-refractivity contribution in [3.05, 3.63) is 66.0 Å². The average molecular weight is 438 g/mol. The van der Waals surface area contributed by atoms with Gasteiger partial charge in [0.25, 0.3) is 0 Å². The van der Waals surface area contributed by atoms with Crippen LogP contribution >= 0.6 is 11.8 Å². The van der Waals surface area contributed by atoms with E-state index in [9.17, 15) is 4.79 Å². The minimum absolute atomic E-state index is 0.0217. The molecule has 31 heavy (non-hydrogen) atoms. The average Bonchev–Trinajstić information content (AvgIpc) is 3.13. The number of likely N-dealkylation sites (N-methyl/N-ethyl adjacent to an activating group) is 1. The molecule has 1 amide bonds. The number of carbonyl (C=O) groups excluding carboxylic acids is 1. The first-order chi connectivity index (χ1) is 15.1. The molecule has 1 unspecified atom stereocenters. The predicted molar refractivity (Wildman–Crippen MR) is 128 cm³/mol. The molecular formula is C24H31N5OS. The summed E-state index contributed by atoms with van der Waals surface area (Å²) in [7, 11) is 2.16. The molecule has 1 aliphatic rings. The normalized spacial score (nSPS) is 16.5. The quantitative estimate of drug-likeness (QED) is 0.587. The van der Waals surface area contributed by atoms with E-state index in [1.807, 2.05) is 42.5 Å². The summed E-state index contributed by atoms with van der Waals surface area (Å²) in [5.41, 5.74) is 3.10. The summed E-state index contributed by atoms with van der Waals surface area (Å²) in [5.74, 6) is 1.75. The summed E-state index contributed by atoms with van der Waals surface area (Å²) in [6.07, 6.45) is 2.06. The molecule has 2 heterocycles. The highest BCUT2D eigenvalue weighted by Crippen LogP contribution is 2.20. The number of amides is 1. The van der Waals surface area contributed by atoms with E-state index in [1.165, 1.54) is 0 Å². The number of nitrogens with zero attached hydrogens (tertiary/aromatic N) is 4. The predicted octanol–water partition coefficient (Wildman–Crippen LogP) is 3.00. The van der Waals surface area contributed by atoms with Gasteiger partial charge in [-0.2, -0.15) is 11.8 Å². The van der Waals surface area contributed by atoms with Gasteiger partial charge in [-0.1, -0.05) is 42.5 Å². The first-order valence-electron chi connectivity index (χ1n) is 10.8. The smallest absolute Gasteiger partial charge is 0.240 e. The van der Waals surface area contributed by atoms with Crippen LogP contribution < -0.4 is 5.32 Å². The standard InChI is InChI=1S/C24H31N5OS/c1-27-12-14-28(15-13-27)16-21(19-8-4-3-5-9-19)26-24(30)17-29-22-11-7-6-10-20(22)25-23(29)18-31-2/h3-11,21H,12-18H2,1-2H3,(H,26,30). The van der Waals surface area contributed by atoms with Crippen molar-refractivity contribution < 1.29 is 4.79 Å². The minimum Gasteiger partial charge on any atom is -0.346 e. The van der Waals surface area contributed by atoms with Crippen LogP contribution in [0.5, 0.6) is 0 Å². The van der Waals surface area contributed by atoms with Crippen LogP contribution in [-0.2, 0) is 17.1 Å². The molecule has 1 N–H and O–H groups in total. The SMILES string of the molecule is CSCc1nc2ccccc2n1CC(=O)NC(CN1CCN(C)CC1)c1ccccc1. The largest absolute Gasteiger partial charge is 0.346 e. The summed E-state index contributed by atoms with van der Waals surface area (Å²) in [5, 5.41) is 3.31. The Balaban J connectivity index is 1.51. The molecule has 0 aliphatic carbocycles. The number of para-hydroxylation sites is 2. The molecule has 4 rings (SSSR count). The van der Waals surface area contributed by atoms with Gasteiger partial charge in [0, 0.05) is 32.7 Å². The van der Waals surface area contributed by atoms with Crippen molar-refractivity contribution in [2.75, 3.05) is 46.0 Å². The summed E-state index contributed by atoms with van der Waals surface area (Å²) in [6, 6.07) is 18.3. The highest BCUT2D eigenvalue weighted by molar-refractivity contribution is 7.97. The van der Waals surface area contributed by atoms with Gasteiger partial charge < -0.3 is 14.8 Å². The number of hydrogen-bond donors (Lipinski definition) is 1. The molecule has 1 aliphatic heterocycles. The Bertz CT molecular complexity index is 998. The fourth-order valence-corrected chi connectivity index (χ4v) is 4.61. The van der Waals surface area contributed by atoms with Crippen LogP contribution in [0.15, 0.2) is 54.6 Å². The van der Waals surface area contributed by atoms with Crippen molar-refractivity contribution >= 4 is 28.7 Å². The first-order valence-corrected chi connectivity index (χ1v) is 12.2. The second-order valence-electron chi connectivity index (χ2n) is 8.17. The second-order valence-corrected chi connectivity index (χ2v) is 9.04. The molecule has 0 spiro atoms. The van der Waals surface area contributed by atoms with Gasteiger partial charge in [-0.25, -0.2) is 4.98 Å². The van der Waals surface area contributed by atoms with Crippen molar-refractivity contribution in [3.63, 3.8) is 0 Å². The molecule has 3 aromatic rings. The van der Waals surface area contributed by atoms with Gasteiger partial charge in [0.1, 0.15) is 12.4 Å². The lowest BCUT2D eigenvalue weighted by atomic mass is 10.1. The third kappa shape index (κ3) is 5.47. The van der Waals surface area contributed by atoms with Crippen molar-refractivity contribution in [1.82, 2.24) is 24.7 Å². The molecule has 2 aromatic carbocycles. The van der Waals surface area contributed by atoms with E-state index in [-0.39, 0.29) is 18.5 Å². The van der Waals surface area contributed by atoms with Gasteiger partial charge in [-0.3, -0.25) is 9.69 Å². The Morgan fingerprint density at radius 3 is 2.52 bits per heavy atom. The number of piperazine rings is 1. The van der Waals surface area contributed by atoms with Crippen LogP contribution in [0.2, 0.25) is 0 Å². The van der Waals surface area contributed by atoms with E-state index < -0.39 is 0 Å². The van der Waals surface area contributed by atoms with Crippen LogP contribution in [0.1, 0.15) is 17.4 Å². The highest BCUT2D eigenvalue weighted by atomic mass is 32.2. The minimum atomic E-state index is -0.0316. The lowest BCUT2D eigenvalue weighted by Crippen LogP contribution is -2.48. The molecule has 164 valence electrons. The molecule has 0 radical (unpaired) electrons. The highest BCUT2D eigenvalue weighted by Gasteiger charge is 2.22. The van der Waals surface area contributed by atoms with E-state index in [0.717, 1.165) is 60.9 Å². The number of thioether (sulfide) groups is 1. The zero-order valence-corrected chi connectivity index (χ0v) is 19.1. The summed E-state index contributed by atoms with van der Waals surface area (Å²) in [6.45, 7) is 5.29. The number of imidazole rings is 1. The van der Waals surface area contributed by atoms with Crippen molar-refractivity contribution in [3.8, 4) is 0 Å². The van der Waals surface area contributed by atoms with Crippen LogP contribution in [0.3, 0.4) is 0 Å². The monoisotopic (exact) mass is 437 g/mol. The van der Waals surface area contributed by atoms with Crippen LogP contribution in [0.25, 0.3) is 11.0 Å². The Morgan fingerprint density at radius 2 is 1.77 bits per heavy atom. The number of fused-ring (bicyclic) bond motifs is 1. The number of carbonyl (C=O) groups is 1. The third-order valence-corrected chi connectivity index (χ3v) is 6.43. The first kappa shape index (κ1) is 21.9. The molecule has 0 bridgehead atoms.